The van der Waals surface area contributed by atoms with Gasteiger partial charge in [-0.25, -0.2) is 17.9 Å². The first-order chi connectivity index (χ1) is 16.8. The highest BCUT2D eigenvalue weighted by atomic mass is 35.5. The largest absolute Gasteiger partial charge is 0.388 e. The molecule has 2 N–H and O–H groups in total. The molecule has 2 saturated heterocycles. The van der Waals surface area contributed by atoms with Crippen molar-refractivity contribution < 1.29 is 32.9 Å². The maximum atomic E-state index is 13.7. The maximum Gasteiger partial charge on any atom is 0.194 e. The van der Waals surface area contributed by atoms with Crippen LogP contribution in [0.5, 0.6) is 0 Å². The fourth-order valence-electron chi connectivity index (χ4n) is 4.14. The summed E-state index contributed by atoms with van der Waals surface area (Å²) < 4.78 is 53.6. The van der Waals surface area contributed by atoms with Crippen LogP contribution in [-0.2, 0) is 9.47 Å². The van der Waals surface area contributed by atoms with Crippen LogP contribution in [0.4, 0.5) is 13.2 Å². The molecule has 2 aromatic carbocycles. The summed E-state index contributed by atoms with van der Waals surface area (Å²) in [6, 6.07) is 7.38. The Morgan fingerprint density at radius 2 is 1.89 bits per heavy atom. The smallest absolute Gasteiger partial charge is 0.194 e. The zero-order chi connectivity index (χ0) is 24.9. The Bertz CT molecular complexity index is 1300. The molecule has 0 bridgehead atoms. The summed E-state index contributed by atoms with van der Waals surface area (Å²) in [5.74, 6) is -4.36. The summed E-state index contributed by atoms with van der Waals surface area (Å²) in [4.78, 5) is 0.464. The molecule has 3 aromatic rings. The van der Waals surface area contributed by atoms with E-state index in [1.165, 1.54) is 10.9 Å². The normalized spacial score (nSPS) is 28.0. The predicted molar refractivity (Wildman–Crippen MR) is 117 cm³/mol. The van der Waals surface area contributed by atoms with E-state index < -0.39 is 53.3 Å². The Hall–Kier alpha value is -2.66. The second-order valence-corrected chi connectivity index (χ2v) is 9.60. The molecule has 13 heteroatoms. The van der Waals surface area contributed by atoms with E-state index in [1.54, 1.807) is 18.2 Å². The molecular formula is C22H16ClF3N4O4S. The van der Waals surface area contributed by atoms with E-state index in [9.17, 15) is 28.6 Å². The van der Waals surface area contributed by atoms with E-state index in [4.69, 9.17) is 21.1 Å². The number of aliphatic hydroxyl groups excluding tert-OH is 2. The molecule has 35 heavy (non-hydrogen) atoms. The van der Waals surface area contributed by atoms with E-state index in [-0.39, 0.29) is 17.9 Å². The molecule has 2 aliphatic rings. The topological polar surface area (TPSA) is 113 Å². The Kier molecular flexibility index (Phi) is 6.47. The van der Waals surface area contributed by atoms with Gasteiger partial charge in [-0.15, -0.1) is 5.10 Å². The number of ether oxygens (including phenoxy) is 2. The summed E-state index contributed by atoms with van der Waals surface area (Å²) in [6.45, 7) is -0.0491. The van der Waals surface area contributed by atoms with Crippen molar-refractivity contribution in [3.63, 3.8) is 0 Å². The number of thioether (sulfide) groups is 1. The standard InChI is InChI=1S/C22H16ClF3N4O4S/c23-11-2-1-9(6-27)16(5-11)35-22-19(32)18(21-20(34-22)15(31)8-33-21)30-7-14(28-29-30)10-3-12(24)17(26)13(25)4-10/h1-5,7,15,18-22,31-32H,8H2/t15?,18?,19?,20?,21-,22-/m1/s1. The van der Waals surface area contributed by atoms with Crippen molar-refractivity contribution in [3.8, 4) is 17.3 Å². The van der Waals surface area contributed by atoms with Crippen molar-refractivity contribution in [1.82, 2.24) is 15.0 Å². The van der Waals surface area contributed by atoms with Gasteiger partial charge in [0.05, 0.1) is 18.4 Å². The number of aliphatic hydroxyl groups is 2. The van der Waals surface area contributed by atoms with Crippen molar-refractivity contribution in [1.29, 1.82) is 5.26 Å². The van der Waals surface area contributed by atoms with E-state index in [0.29, 0.717) is 15.5 Å². The Morgan fingerprint density at radius 3 is 2.60 bits per heavy atom. The van der Waals surface area contributed by atoms with Crippen LogP contribution in [-0.4, -0.2) is 61.7 Å². The van der Waals surface area contributed by atoms with Gasteiger partial charge >= 0.3 is 0 Å². The van der Waals surface area contributed by atoms with Gasteiger partial charge in [0, 0.05) is 15.5 Å². The van der Waals surface area contributed by atoms with Gasteiger partial charge in [0.2, 0.25) is 0 Å². The van der Waals surface area contributed by atoms with Crippen LogP contribution < -0.4 is 0 Å². The van der Waals surface area contributed by atoms with Crippen LogP contribution in [0.2, 0.25) is 5.02 Å². The minimum Gasteiger partial charge on any atom is -0.388 e. The van der Waals surface area contributed by atoms with Crippen molar-refractivity contribution >= 4 is 23.4 Å². The van der Waals surface area contributed by atoms with Crippen LogP contribution in [0, 0.1) is 28.8 Å². The number of halogens is 4. The van der Waals surface area contributed by atoms with Gasteiger partial charge in [-0.2, -0.15) is 5.26 Å². The molecule has 182 valence electrons. The zero-order valence-corrected chi connectivity index (χ0v) is 19.1. The van der Waals surface area contributed by atoms with Crippen molar-refractivity contribution in [2.45, 2.75) is 40.8 Å². The second kappa shape index (κ2) is 9.42. The lowest BCUT2D eigenvalue weighted by molar-refractivity contribution is -0.161. The number of hydrogen-bond acceptors (Lipinski definition) is 8. The number of benzene rings is 2. The van der Waals surface area contributed by atoms with Crippen LogP contribution in [0.3, 0.4) is 0 Å². The molecule has 2 aliphatic heterocycles. The minimum absolute atomic E-state index is 0.0300. The Morgan fingerprint density at radius 1 is 1.14 bits per heavy atom. The lowest BCUT2D eigenvalue weighted by atomic mass is 9.96. The zero-order valence-electron chi connectivity index (χ0n) is 17.6. The Balaban J connectivity index is 1.49. The number of nitriles is 1. The van der Waals surface area contributed by atoms with Crippen molar-refractivity contribution in [2.75, 3.05) is 6.61 Å². The minimum atomic E-state index is -1.60. The molecule has 4 unspecified atom stereocenters. The molecule has 0 spiro atoms. The molecule has 0 aliphatic carbocycles. The van der Waals surface area contributed by atoms with Gasteiger partial charge in [-0.05, 0) is 30.3 Å². The molecule has 5 rings (SSSR count). The summed E-state index contributed by atoms with van der Waals surface area (Å²) >= 11 is 7.12. The molecular weight excluding hydrogens is 509 g/mol. The lowest BCUT2D eigenvalue weighted by Crippen LogP contribution is -2.54. The summed E-state index contributed by atoms with van der Waals surface area (Å²) in [5, 5.41) is 39.3. The van der Waals surface area contributed by atoms with Gasteiger partial charge in [0.25, 0.3) is 0 Å². The summed E-state index contributed by atoms with van der Waals surface area (Å²) in [6.07, 6.45) is -2.58. The number of hydrogen-bond donors (Lipinski definition) is 2. The van der Waals surface area contributed by atoms with Crippen LogP contribution in [0.1, 0.15) is 11.6 Å². The van der Waals surface area contributed by atoms with Gasteiger partial charge in [-0.3, -0.25) is 0 Å². The van der Waals surface area contributed by atoms with Gasteiger partial charge in [0.15, 0.2) is 17.5 Å². The van der Waals surface area contributed by atoms with E-state index in [0.717, 1.165) is 23.9 Å². The molecule has 0 saturated carbocycles. The molecule has 0 amide bonds. The quantitative estimate of drug-likeness (QED) is 0.501. The van der Waals surface area contributed by atoms with Gasteiger partial charge in [-0.1, -0.05) is 28.6 Å². The number of fused-ring (bicyclic) bond motifs is 1. The first-order valence-electron chi connectivity index (χ1n) is 10.3. The molecule has 6 atom stereocenters. The monoisotopic (exact) mass is 524 g/mol. The molecule has 8 nitrogen and oxygen atoms in total. The van der Waals surface area contributed by atoms with Crippen molar-refractivity contribution in [2.24, 2.45) is 0 Å². The number of rotatable bonds is 4. The highest BCUT2D eigenvalue weighted by Gasteiger charge is 2.53. The predicted octanol–water partition coefficient (Wildman–Crippen LogP) is 3.07. The first-order valence-corrected chi connectivity index (χ1v) is 11.6. The first kappa shape index (κ1) is 24.1. The van der Waals surface area contributed by atoms with Gasteiger partial charge in [0.1, 0.15) is 47.7 Å². The summed E-state index contributed by atoms with van der Waals surface area (Å²) in [5.41, 5.74) is -0.666. The third-order valence-electron chi connectivity index (χ3n) is 5.82. The fourth-order valence-corrected chi connectivity index (χ4v) is 5.55. The van der Waals surface area contributed by atoms with E-state index in [2.05, 4.69) is 16.4 Å². The lowest BCUT2D eigenvalue weighted by Gasteiger charge is -2.41. The summed E-state index contributed by atoms with van der Waals surface area (Å²) in [7, 11) is 0. The molecule has 0 radical (unpaired) electrons. The van der Waals surface area contributed by atoms with E-state index in [1.807, 2.05) is 0 Å². The molecule has 1 aromatic heterocycles. The molecule has 2 fully saturated rings. The number of nitrogens with zero attached hydrogens (tertiary/aromatic N) is 4. The number of aromatic nitrogens is 3. The highest BCUT2D eigenvalue weighted by Crippen LogP contribution is 2.43. The van der Waals surface area contributed by atoms with Crippen LogP contribution >= 0.6 is 23.4 Å². The SMILES string of the molecule is N#Cc1ccc(Cl)cc1S[C@H]1OC2C(O)CO[C@@H]2C(n2cc(-c3cc(F)c(F)c(F)c3)nn2)C1O. The van der Waals surface area contributed by atoms with Crippen molar-refractivity contribution in [3.05, 3.63) is 64.6 Å². The van der Waals surface area contributed by atoms with Crippen LogP contribution in [0.25, 0.3) is 11.3 Å². The average molecular weight is 525 g/mol. The van der Waals surface area contributed by atoms with Crippen LogP contribution in [0.15, 0.2) is 41.4 Å². The fraction of sp³-hybridized carbons (Fsp3) is 0.318. The average Bonchev–Trinajstić information content (AvgIpc) is 3.45. The maximum absolute atomic E-state index is 13.7. The highest BCUT2D eigenvalue weighted by molar-refractivity contribution is 7.99. The Labute approximate surface area is 205 Å². The molecule has 3 heterocycles. The van der Waals surface area contributed by atoms with E-state index >= 15 is 0 Å². The second-order valence-electron chi connectivity index (χ2n) is 8.02. The third-order valence-corrected chi connectivity index (χ3v) is 7.27. The third kappa shape index (κ3) is 4.40. The van der Waals surface area contributed by atoms with Gasteiger partial charge < -0.3 is 19.7 Å².